The standard InChI is InChI=1S/C15H25/c1-13(2)9-6-7-11-15(5)12-8-10-14(3)4/h9-11H,1,6-8,12H2,2-5H3/b13-9-,15-11+. The van der Waals surface area contributed by atoms with Crippen LogP contribution < -0.4 is 0 Å². The summed E-state index contributed by atoms with van der Waals surface area (Å²) in [6.07, 6.45) is 11.5. The van der Waals surface area contributed by atoms with Gasteiger partial charge in [0.05, 0.1) is 0 Å². The maximum Gasteiger partial charge on any atom is -0.0286 e. The molecule has 0 fully saturated rings. The van der Waals surface area contributed by atoms with Gasteiger partial charge in [0.1, 0.15) is 0 Å². The largest absolute Gasteiger partial charge is 0.0856 e. The minimum absolute atomic E-state index is 1.12. The van der Waals surface area contributed by atoms with Crippen LogP contribution in [-0.4, -0.2) is 0 Å². The van der Waals surface area contributed by atoms with Crippen LogP contribution in [0.2, 0.25) is 0 Å². The maximum absolute atomic E-state index is 3.86. The highest BCUT2D eigenvalue weighted by Gasteiger charge is 1.88. The van der Waals surface area contributed by atoms with Crippen LogP contribution in [-0.2, 0) is 0 Å². The van der Waals surface area contributed by atoms with Crippen molar-refractivity contribution in [2.24, 2.45) is 0 Å². The van der Waals surface area contributed by atoms with Gasteiger partial charge in [0, 0.05) is 0 Å². The zero-order valence-corrected chi connectivity index (χ0v) is 10.8. The molecular weight excluding hydrogens is 180 g/mol. The fourth-order valence-corrected chi connectivity index (χ4v) is 1.35. The molecule has 1 radical (unpaired) electrons. The van der Waals surface area contributed by atoms with E-state index in [1.165, 1.54) is 29.6 Å². The number of unbranched alkanes of at least 4 members (excludes halogenated alkanes) is 1. The SMILES string of the molecule is [CH2]/C(C)=C/CC/C=C(\C)CCC=C(C)C. The lowest BCUT2D eigenvalue weighted by Crippen LogP contribution is -1.78. The van der Waals surface area contributed by atoms with Crippen molar-refractivity contribution in [3.8, 4) is 0 Å². The number of allylic oxidation sites excluding steroid dienone is 6. The summed E-state index contributed by atoms with van der Waals surface area (Å²) >= 11 is 0. The lowest BCUT2D eigenvalue weighted by molar-refractivity contribution is 0.935. The number of hydrogen-bond donors (Lipinski definition) is 0. The van der Waals surface area contributed by atoms with E-state index in [9.17, 15) is 0 Å². The lowest BCUT2D eigenvalue weighted by atomic mass is 10.1. The average molecular weight is 205 g/mol. The van der Waals surface area contributed by atoms with E-state index in [-0.39, 0.29) is 0 Å². The topological polar surface area (TPSA) is 0 Å². The molecule has 15 heavy (non-hydrogen) atoms. The molecule has 0 saturated carbocycles. The molecule has 0 atom stereocenters. The van der Waals surface area contributed by atoms with Crippen LogP contribution in [0.1, 0.15) is 53.4 Å². The van der Waals surface area contributed by atoms with Crippen LogP contribution >= 0.6 is 0 Å². The quantitative estimate of drug-likeness (QED) is 0.411. The first kappa shape index (κ1) is 14.2. The third-order valence-corrected chi connectivity index (χ3v) is 2.24. The molecule has 85 valence electrons. The van der Waals surface area contributed by atoms with Crippen molar-refractivity contribution in [1.29, 1.82) is 0 Å². The highest BCUT2D eigenvalue weighted by Crippen LogP contribution is 2.09. The van der Waals surface area contributed by atoms with Crippen LogP contribution in [0.25, 0.3) is 0 Å². The van der Waals surface area contributed by atoms with Gasteiger partial charge < -0.3 is 0 Å². The zero-order valence-electron chi connectivity index (χ0n) is 10.8. The fraction of sp³-hybridized carbons (Fsp3) is 0.533. The fourth-order valence-electron chi connectivity index (χ4n) is 1.35. The molecule has 0 saturated heterocycles. The van der Waals surface area contributed by atoms with Crippen LogP contribution in [0.15, 0.2) is 34.9 Å². The molecule has 0 aromatic carbocycles. The predicted octanol–water partition coefficient (Wildman–Crippen LogP) is 5.24. The summed E-state index contributed by atoms with van der Waals surface area (Å²) < 4.78 is 0. The third kappa shape index (κ3) is 11.1. The van der Waals surface area contributed by atoms with Crippen LogP contribution in [0.3, 0.4) is 0 Å². The van der Waals surface area contributed by atoms with Crippen molar-refractivity contribution >= 4 is 0 Å². The summed E-state index contributed by atoms with van der Waals surface area (Å²) in [5, 5.41) is 0. The molecule has 0 aliphatic carbocycles. The molecule has 0 amide bonds. The van der Waals surface area contributed by atoms with Crippen molar-refractivity contribution in [2.45, 2.75) is 53.4 Å². The van der Waals surface area contributed by atoms with Crippen LogP contribution in [0, 0.1) is 6.92 Å². The Morgan fingerprint density at radius 3 is 2.00 bits per heavy atom. The van der Waals surface area contributed by atoms with Crippen molar-refractivity contribution < 1.29 is 0 Å². The normalized spacial score (nSPS) is 12.9. The van der Waals surface area contributed by atoms with E-state index in [1.54, 1.807) is 0 Å². The second-order valence-electron chi connectivity index (χ2n) is 4.50. The molecule has 0 aliphatic heterocycles. The van der Waals surface area contributed by atoms with Crippen molar-refractivity contribution in [3.63, 3.8) is 0 Å². The Bertz CT molecular complexity index is 243. The molecule has 0 aromatic heterocycles. The van der Waals surface area contributed by atoms with Gasteiger partial charge in [-0.15, -0.1) is 0 Å². The van der Waals surface area contributed by atoms with Gasteiger partial charge in [-0.25, -0.2) is 0 Å². The molecule has 0 N–H and O–H groups in total. The molecule has 0 aromatic rings. The highest BCUT2D eigenvalue weighted by molar-refractivity contribution is 5.05. The Kier molecular flexibility index (Phi) is 8.08. The van der Waals surface area contributed by atoms with E-state index in [0.717, 1.165) is 12.8 Å². The van der Waals surface area contributed by atoms with Gasteiger partial charge in [-0.05, 0) is 60.3 Å². The Hall–Kier alpha value is -0.780. The van der Waals surface area contributed by atoms with E-state index < -0.39 is 0 Å². The van der Waals surface area contributed by atoms with Gasteiger partial charge in [-0.1, -0.05) is 34.9 Å². The molecular formula is C15H25. The van der Waals surface area contributed by atoms with Crippen molar-refractivity contribution in [3.05, 3.63) is 41.9 Å². The average Bonchev–Trinajstić information content (AvgIpc) is 2.11. The number of hydrogen-bond acceptors (Lipinski definition) is 0. The van der Waals surface area contributed by atoms with Gasteiger partial charge in [0.2, 0.25) is 0 Å². The summed E-state index contributed by atoms with van der Waals surface area (Å²) in [6.45, 7) is 12.4. The van der Waals surface area contributed by atoms with Crippen molar-refractivity contribution in [1.82, 2.24) is 0 Å². The van der Waals surface area contributed by atoms with Crippen LogP contribution in [0.5, 0.6) is 0 Å². The second kappa shape index (κ2) is 8.52. The van der Waals surface area contributed by atoms with Gasteiger partial charge in [0.15, 0.2) is 0 Å². The van der Waals surface area contributed by atoms with E-state index in [4.69, 9.17) is 0 Å². The first-order valence-electron chi connectivity index (χ1n) is 5.80. The maximum atomic E-state index is 3.86. The summed E-state index contributed by atoms with van der Waals surface area (Å²) in [7, 11) is 0. The summed E-state index contributed by atoms with van der Waals surface area (Å²) in [5.74, 6) is 0. The predicted molar refractivity (Wildman–Crippen MR) is 70.8 cm³/mol. The zero-order chi connectivity index (χ0) is 11.7. The smallest absolute Gasteiger partial charge is 0.0286 e. The van der Waals surface area contributed by atoms with Gasteiger partial charge in [-0.3, -0.25) is 0 Å². The molecule has 0 nitrogen and oxygen atoms in total. The molecule has 0 rings (SSSR count). The Labute approximate surface area is 95.8 Å². The van der Waals surface area contributed by atoms with Crippen LogP contribution in [0.4, 0.5) is 0 Å². The Balaban J connectivity index is 3.70. The Morgan fingerprint density at radius 1 is 0.867 bits per heavy atom. The van der Waals surface area contributed by atoms with E-state index >= 15 is 0 Å². The summed E-state index contributed by atoms with van der Waals surface area (Å²) in [6, 6.07) is 0. The monoisotopic (exact) mass is 205 g/mol. The molecule has 0 heteroatoms. The summed E-state index contributed by atoms with van der Waals surface area (Å²) in [4.78, 5) is 0. The molecule has 0 aliphatic rings. The van der Waals surface area contributed by atoms with Gasteiger partial charge in [-0.2, -0.15) is 0 Å². The Morgan fingerprint density at radius 2 is 1.47 bits per heavy atom. The van der Waals surface area contributed by atoms with E-state index in [0.29, 0.717) is 0 Å². The lowest BCUT2D eigenvalue weighted by Gasteiger charge is -1.98. The molecule has 0 unspecified atom stereocenters. The molecule has 0 bridgehead atoms. The molecule has 0 heterocycles. The van der Waals surface area contributed by atoms with Crippen molar-refractivity contribution in [2.75, 3.05) is 0 Å². The number of rotatable bonds is 6. The first-order valence-corrected chi connectivity index (χ1v) is 5.80. The molecule has 0 spiro atoms. The minimum atomic E-state index is 1.12. The third-order valence-electron chi connectivity index (χ3n) is 2.24. The second-order valence-corrected chi connectivity index (χ2v) is 4.50. The highest BCUT2D eigenvalue weighted by atomic mass is 13.9. The first-order chi connectivity index (χ1) is 7.02. The summed E-state index contributed by atoms with van der Waals surface area (Å²) in [5.41, 5.74) is 4.09. The van der Waals surface area contributed by atoms with E-state index in [2.05, 4.69) is 45.9 Å². The van der Waals surface area contributed by atoms with Gasteiger partial charge >= 0.3 is 0 Å². The van der Waals surface area contributed by atoms with Gasteiger partial charge in [0.25, 0.3) is 0 Å². The van der Waals surface area contributed by atoms with E-state index in [1.807, 2.05) is 6.92 Å². The minimum Gasteiger partial charge on any atom is -0.0856 e.